The molecule has 1 N–H and O–H groups in total. The van der Waals surface area contributed by atoms with Crippen molar-refractivity contribution in [3.63, 3.8) is 0 Å². The van der Waals surface area contributed by atoms with Gasteiger partial charge >= 0.3 is 0 Å². The third-order valence-electron chi connectivity index (χ3n) is 5.66. The maximum absolute atomic E-state index is 6.11. The van der Waals surface area contributed by atoms with E-state index in [1.54, 1.807) is 11.3 Å². The molecule has 0 radical (unpaired) electrons. The number of nitrogens with zero attached hydrogens (tertiary/aromatic N) is 2. The summed E-state index contributed by atoms with van der Waals surface area (Å²) in [5.74, 6) is 7.77. The van der Waals surface area contributed by atoms with Crippen LogP contribution in [0.1, 0.15) is 30.7 Å². The molecular formula is C24H25N3O2S. The summed E-state index contributed by atoms with van der Waals surface area (Å²) in [7, 11) is 0. The number of aromatic nitrogens is 2. The number of rotatable bonds is 3. The smallest absolute Gasteiger partial charge is 0.214 e. The Morgan fingerprint density at radius 2 is 1.87 bits per heavy atom. The van der Waals surface area contributed by atoms with Crippen molar-refractivity contribution in [1.82, 2.24) is 15.3 Å². The predicted molar refractivity (Wildman–Crippen MR) is 120 cm³/mol. The lowest BCUT2D eigenvalue weighted by Crippen LogP contribution is -2.34. The quantitative estimate of drug-likeness (QED) is 0.643. The zero-order valence-corrected chi connectivity index (χ0v) is 17.7. The molecule has 0 atom stereocenters. The first kappa shape index (κ1) is 19.5. The number of benzene rings is 1. The average Bonchev–Trinajstić information content (AvgIpc) is 3.28. The predicted octanol–water partition coefficient (Wildman–Crippen LogP) is 4.27. The highest BCUT2D eigenvalue weighted by Gasteiger charge is 2.15. The maximum atomic E-state index is 6.11. The minimum atomic E-state index is 0.248. The number of hydrogen-bond acceptors (Lipinski definition) is 6. The van der Waals surface area contributed by atoms with Crippen molar-refractivity contribution in [3.05, 3.63) is 41.7 Å². The number of ether oxygens (including phenoxy) is 2. The molecule has 0 amide bonds. The van der Waals surface area contributed by atoms with E-state index in [4.69, 9.17) is 9.47 Å². The third kappa shape index (κ3) is 4.65. The normalized spacial score (nSPS) is 18.1. The van der Waals surface area contributed by atoms with Crippen LogP contribution in [0, 0.1) is 17.8 Å². The Balaban J connectivity index is 1.34. The molecule has 2 fully saturated rings. The van der Waals surface area contributed by atoms with Crippen LogP contribution < -0.4 is 10.1 Å². The first-order valence-corrected chi connectivity index (χ1v) is 11.5. The largest absolute Gasteiger partial charge is 0.474 e. The molecule has 3 aromatic rings. The number of fused-ring (bicyclic) bond motifs is 1. The zero-order chi connectivity index (χ0) is 20.2. The van der Waals surface area contributed by atoms with Gasteiger partial charge in [0.15, 0.2) is 5.01 Å². The van der Waals surface area contributed by atoms with E-state index in [9.17, 15) is 0 Å². The minimum Gasteiger partial charge on any atom is -0.474 e. The summed E-state index contributed by atoms with van der Waals surface area (Å²) < 4.78 is 11.5. The van der Waals surface area contributed by atoms with Gasteiger partial charge in [0.1, 0.15) is 6.10 Å². The van der Waals surface area contributed by atoms with Crippen molar-refractivity contribution in [2.24, 2.45) is 5.92 Å². The first-order chi connectivity index (χ1) is 14.8. The zero-order valence-electron chi connectivity index (χ0n) is 16.9. The number of pyridine rings is 1. The van der Waals surface area contributed by atoms with E-state index in [-0.39, 0.29) is 6.10 Å². The molecule has 6 heteroatoms. The molecule has 2 aliphatic heterocycles. The number of thiazole rings is 1. The Morgan fingerprint density at radius 3 is 2.73 bits per heavy atom. The summed E-state index contributed by atoms with van der Waals surface area (Å²) in [6.45, 7) is 3.65. The molecule has 4 heterocycles. The van der Waals surface area contributed by atoms with Crippen LogP contribution in [0.25, 0.3) is 21.2 Å². The van der Waals surface area contributed by atoms with Crippen LogP contribution in [0.3, 0.4) is 0 Å². The van der Waals surface area contributed by atoms with Crippen LogP contribution in [-0.2, 0) is 4.74 Å². The van der Waals surface area contributed by atoms with Crippen molar-refractivity contribution < 1.29 is 9.47 Å². The summed E-state index contributed by atoms with van der Waals surface area (Å²) in [5, 5.41) is 6.49. The summed E-state index contributed by atoms with van der Waals surface area (Å²) in [6.07, 6.45) is 8.16. The Morgan fingerprint density at radius 1 is 1.00 bits per heavy atom. The second kappa shape index (κ2) is 9.13. The summed E-state index contributed by atoms with van der Waals surface area (Å²) in [6, 6.07) is 8.48. The molecule has 30 heavy (non-hydrogen) atoms. The topological polar surface area (TPSA) is 56.3 Å². The number of hydrogen-bond donors (Lipinski definition) is 1. The molecule has 0 aliphatic carbocycles. The standard InChI is InChI=1S/C24H25N3O2S/c1(17-7-11-28-12-8-17)4-24-27-16-22(30-24)18-2-3-19-15-26-23(14-20(19)13-18)29-21-5-9-25-10-6-21/h2-3,13-17,21,25H,5-12H2. The van der Waals surface area contributed by atoms with E-state index in [2.05, 4.69) is 45.3 Å². The lowest BCUT2D eigenvalue weighted by molar-refractivity contribution is 0.0807. The highest BCUT2D eigenvalue weighted by molar-refractivity contribution is 7.15. The second-order valence-corrected chi connectivity index (χ2v) is 8.87. The lowest BCUT2D eigenvalue weighted by Gasteiger charge is -2.23. The number of piperidine rings is 1. The highest BCUT2D eigenvalue weighted by atomic mass is 32.1. The first-order valence-electron chi connectivity index (χ1n) is 10.7. The molecule has 0 saturated carbocycles. The van der Waals surface area contributed by atoms with E-state index in [0.717, 1.165) is 78.2 Å². The Hall–Kier alpha value is -2.46. The van der Waals surface area contributed by atoms with Gasteiger partial charge in [-0.05, 0) is 61.7 Å². The molecule has 0 bridgehead atoms. The molecule has 2 aromatic heterocycles. The van der Waals surface area contributed by atoms with Crippen LogP contribution in [0.4, 0.5) is 0 Å². The molecule has 0 spiro atoms. The van der Waals surface area contributed by atoms with Crippen molar-refractivity contribution >= 4 is 22.1 Å². The van der Waals surface area contributed by atoms with Gasteiger partial charge in [0.2, 0.25) is 5.88 Å². The fraction of sp³-hybridized carbons (Fsp3) is 0.417. The molecule has 154 valence electrons. The molecule has 2 saturated heterocycles. The summed E-state index contributed by atoms with van der Waals surface area (Å²) >= 11 is 1.65. The maximum Gasteiger partial charge on any atom is 0.214 e. The third-order valence-corrected chi connectivity index (χ3v) is 6.63. The number of nitrogens with one attached hydrogen (secondary N) is 1. The van der Waals surface area contributed by atoms with E-state index in [1.165, 1.54) is 0 Å². The SMILES string of the molecule is C(#CC1CCOCC1)c1ncc(-c2ccc3cnc(OC4CCNCC4)cc3c2)s1. The monoisotopic (exact) mass is 419 g/mol. The lowest BCUT2D eigenvalue weighted by atomic mass is 10.0. The van der Waals surface area contributed by atoms with Gasteiger partial charge in [-0.15, -0.1) is 11.3 Å². The van der Waals surface area contributed by atoms with Crippen LogP contribution in [0.5, 0.6) is 5.88 Å². The van der Waals surface area contributed by atoms with E-state index >= 15 is 0 Å². The van der Waals surface area contributed by atoms with E-state index < -0.39 is 0 Å². The van der Waals surface area contributed by atoms with Gasteiger partial charge in [-0.2, -0.15) is 0 Å². The Kier molecular flexibility index (Phi) is 5.94. The second-order valence-electron chi connectivity index (χ2n) is 7.84. The Bertz CT molecular complexity index is 1070. The van der Waals surface area contributed by atoms with Gasteiger partial charge < -0.3 is 14.8 Å². The Labute approximate surface area is 180 Å². The van der Waals surface area contributed by atoms with Crippen molar-refractivity contribution in [2.45, 2.75) is 31.8 Å². The highest BCUT2D eigenvalue weighted by Crippen LogP contribution is 2.30. The van der Waals surface area contributed by atoms with E-state index in [1.807, 2.05) is 18.5 Å². The van der Waals surface area contributed by atoms with Gasteiger partial charge in [0.05, 0.1) is 4.88 Å². The summed E-state index contributed by atoms with van der Waals surface area (Å²) in [5.41, 5.74) is 1.15. The molecule has 0 unspecified atom stereocenters. The van der Waals surface area contributed by atoms with Crippen molar-refractivity contribution in [2.75, 3.05) is 26.3 Å². The van der Waals surface area contributed by atoms with Gasteiger partial charge in [0.25, 0.3) is 0 Å². The van der Waals surface area contributed by atoms with Crippen LogP contribution in [0.15, 0.2) is 36.7 Å². The van der Waals surface area contributed by atoms with Gasteiger partial charge in [0, 0.05) is 43.0 Å². The van der Waals surface area contributed by atoms with Crippen LogP contribution >= 0.6 is 11.3 Å². The van der Waals surface area contributed by atoms with Crippen molar-refractivity contribution in [1.29, 1.82) is 0 Å². The van der Waals surface area contributed by atoms with Crippen LogP contribution in [-0.4, -0.2) is 42.4 Å². The molecular weight excluding hydrogens is 394 g/mol. The minimum absolute atomic E-state index is 0.248. The molecule has 5 rings (SSSR count). The molecule has 1 aromatic carbocycles. The van der Waals surface area contributed by atoms with E-state index in [0.29, 0.717) is 11.8 Å². The van der Waals surface area contributed by atoms with Crippen LogP contribution in [0.2, 0.25) is 0 Å². The molecule has 5 nitrogen and oxygen atoms in total. The van der Waals surface area contributed by atoms with Crippen molar-refractivity contribution in [3.8, 4) is 28.2 Å². The van der Waals surface area contributed by atoms with Gasteiger partial charge in [-0.25, -0.2) is 9.97 Å². The van der Waals surface area contributed by atoms with Gasteiger partial charge in [-0.1, -0.05) is 18.1 Å². The fourth-order valence-corrected chi connectivity index (χ4v) is 4.67. The average molecular weight is 420 g/mol. The summed E-state index contributed by atoms with van der Waals surface area (Å²) in [4.78, 5) is 10.1. The van der Waals surface area contributed by atoms with Gasteiger partial charge in [-0.3, -0.25) is 0 Å². The molecule has 2 aliphatic rings. The fourth-order valence-electron chi connectivity index (χ4n) is 3.89.